The maximum Gasteiger partial charge on any atom is 0.337 e. The number of carbonyl (C=O) groups is 1. The molecule has 0 spiro atoms. The molecule has 7 heteroatoms. The lowest BCUT2D eigenvalue weighted by Crippen LogP contribution is -2.01. The van der Waals surface area contributed by atoms with Crippen molar-refractivity contribution in [3.8, 4) is 11.3 Å². The van der Waals surface area contributed by atoms with Crippen LogP contribution < -0.4 is 5.32 Å². The first kappa shape index (κ1) is 17.7. The Hall–Kier alpha value is -2.14. The highest BCUT2D eigenvalue weighted by Crippen LogP contribution is 2.32. The lowest BCUT2D eigenvalue weighted by atomic mass is 10.2. The smallest absolute Gasteiger partial charge is 0.337 e. The van der Waals surface area contributed by atoms with E-state index in [0.717, 1.165) is 0 Å². The van der Waals surface area contributed by atoms with Crippen LogP contribution in [0.4, 0.5) is 5.69 Å². The number of benzene rings is 2. The molecule has 0 radical (unpaired) electrons. The number of rotatable bonds is 5. The van der Waals surface area contributed by atoms with Gasteiger partial charge in [-0.2, -0.15) is 0 Å². The van der Waals surface area contributed by atoms with Gasteiger partial charge in [-0.05, 0) is 48.5 Å². The Balaban J connectivity index is 1.73. The molecule has 2 N–H and O–H groups in total. The maximum atomic E-state index is 11.0. The van der Waals surface area contributed by atoms with Gasteiger partial charge in [0.2, 0.25) is 0 Å². The van der Waals surface area contributed by atoms with E-state index >= 15 is 0 Å². The highest BCUT2D eigenvalue weighted by molar-refractivity contribution is 6.35. The number of aromatic carboxylic acids is 1. The Labute approximate surface area is 158 Å². The van der Waals surface area contributed by atoms with Crippen LogP contribution in [0.15, 0.2) is 52.9 Å². The van der Waals surface area contributed by atoms with Crippen molar-refractivity contribution in [2.75, 3.05) is 5.32 Å². The summed E-state index contributed by atoms with van der Waals surface area (Å²) in [6, 6.07) is 13.5. The summed E-state index contributed by atoms with van der Waals surface area (Å²) >= 11 is 18.1. The van der Waals surface area contributed by atoms with Gasteiger partial charge in [-0.3, -0.25) is 0 Å². The van der Waals surface area contributed by atoms with Gasteiger partial charge in [0.05, 0.1) is 22.2 Å². The highest BCUT2D eigenvalue weighted by atomic mass is 35.5. The van der Waals surface area contributed by atoms with Crippen molar-refractivity contribution in [1.29, 1.82) is 0 Å². The normalized spacial score (nSPS) is 10.7. The van der Waals surface area contributed by atoms with Crippen LogP contribution in [0.2, 0.25) is 15.1 Å². The first-order valence-electron chi connectivity index (χ1n) is 7.25. The molecule has 4 nitrogen and oxygen atoms in total. The molecule has 0 atom stereocenters. The summed E-state index contributed by atoms with van der Waals surface area (Å²) in [5.41, 5.74) is 1.46. The van der Waals surface area contributed by atoms with E-state index in [1.165, 1.54) is 6.07 Å². The zero-order chi connectivity index (χ0) is 18.0. The van der Waals surface area contributed by atoms with E-state index in [-0.39, 0.29) is 10.6 Å². The minimum absolute atomic E-state index is 0.0584. The summed E-state index contributed by atoms with van der Waals surface area (Å²) in [6.07, 6.45) is 0. The van der Waals surface area contributed by atoms with Gasteiger partial charge in [-0.15, -0.1) is 0 Å². The average molecular weight is 397 g/mol. The summed E-state index contributed by atoms with van der Waals surface area (Å²) < 4.78 is 5.79. The van der Waals surface area contributed by atoms with Crippen LogP contribution in [0, 0.1) is 0 Å². The molecule has 0 aliphatic carbocycles. The Morgan fingerprint density at radius 2 is 1.80 bits per heavy atom. The number of carboxylic acids is 1. The van der Waals surface area contributed by atoms with Gasteiger partial charge in [0.1, 0.15) is 11.5 Å². The molecule has 0 fully saturated rings. The van der Waals surface area contributed by atoms with E-state index in [1.54, 1.807) is 30.3 Å². The van der Waals surface area contributed by atoms with Crippen LogP contribution in [0.5, 0.6) is 0 Å². The zero-order valence-electron chi connectivity index (χ0n) is 12.7. The van der Waals surface area contributed by atoms with Gasteiger partial charge in [0, 0.05) is 16.3 Å². The number of anilines is 1. The second-order valence-corrected chi connectivity index (χ2v) is 6.49. The molecule has 0 aliphatic rings. The number of halogens is 3. The van der Waals surface area contributed by atoms with Crippen LogP contribution in [-0.4, -0.2) is 11.1 Å². The standard InChI is InChI=1S/C18H12Cl3NO3/c19-10-1-5-15(20)14(7-10)17-6-3-12(25-17)9-22-11-2-4-13(18(23)24)16(21)8-11/h1-8,22H,9H2,(H,23,24). The number of furan rings is 1. The maximum absolute atomic E-state index is 11.0. The third-order valence-electron chi connectivity index (χ3n) is 3.52. The van der Waals surface area contributed by atoms with Crippen molar-refractivity contribution in [3.05, 3.63) is 74.9 Å². The third-order valence-corrected chi connectivity index (χ3v) is 4.40. The second-order valence-electron chi connectivity index (χ2n) is 5.24. The fraction of sp³-hybridized carbons (Fsp3) is 0.0556. The van der Waals surface area contributed by atoms with E-state index in [0.29, 0.717) is 39.4 Å². The highest BCUT2D eigenvalue weighted by Gasteiger charge is 2.11. The first-order chi connectivity index (χ1) is 11.9. The van der Waals surface area contributed by atoms with Gasteiger partial charge < -0.3 is 14.8 Å². The molecule has 3 rings (SSSR count). The molecular weight excluding hydrogens is 385 g/mol. The summed E-state index contributed by atoms with van der Waals surface area (Å²) in [5, 5.41) is 13.4. The third kappa shape index (κ3) is 4.10. The zero-order valence-corrected chi connectivity index (χ0v) is 15.0. The molecule has 0 unspecified atom stereocenters. The quantitative estimate of drug-likeness (QED) is 0.537. The molecule has 0 aliphatic heterocycles. The van der Waals surface area contributed by atoms with E-state index in [1.807, 2.05) is 12.1 Å². The minimum Gasteiger partial charge on any atom is -0.478 e. The van der Waals surface area contributed by atoms with Crippen molar-refractivity contribution < 1.29 is 14.3 Å². The minimum atomic E-state index is -1.06. The Bertz CT molecular complexity index is 937. The lowest BCUT2D eigenvalue weighted by Gasteiger charge is -2.07. The van der Waals surface area contributed by atoms with Gasteiger partial charge in [-0.1, -0.05) is 34.8 Å². The summed E-state index contributed by atoms with van der Waals surface area (Å²) in [5.74, 6) is 0.235. The summed E-state index contributed by atoms with van der Waals surface area (Å²) in [7, 11) is 0. The number of hydrogen-bond acceptors (Lipinski definition) is 3. The molecule has 0 bridgehead atoms. The van der Waals surface area contributed by atoms with Gasteiger partial charge in [0.15, 0.2) is 0 Å². The predicted molar refractivity (Wildman–Crippen MR) is 99.9 cm³/mol. The van der Waals surface area contributed by atoms with Crippen molar-refractivity contribution >= 4 is 46.5 Å². The van der Waals surface area contributed by atoms with Gasteiger partial charge in [-0.25, -0.2) is 4.79 Å². The van der Waals surface area contributed by atoms with Gasteiger partial charge >= 0.3 is 5.97 Å². The summed E-state index contributed by atoms with van der Waals surface area (Å²) in [6.45, 7) is 0.404. The number of hydrogen-bond donors (Lipinski definition) is 2. The van der Waals surface area contributed by atoms with E-state index in [2.05, 4.69) is 5.32 Å². The van der Waals surface area contributed by atoms with Crippen molar-refractivity contribution in [3.63, 3.8) is 0 Å². The Kier molecular flexibility index (Phi) is 5.23. The predicted octanol–water partition coefficient (Wildman–Crippen LogP) is 6.22. The molecular formula is C18H12Cl3NO3. The van der Waals surface area contributed by atoms with Crippen LogP contribution in [0.3, 0.4) is 0 Å². The van der Waals surface area contributed by atoms with Crippen LogP contribution >= 0.6 is 34.8 Å². The number of carboxylic acid groups (broad SMARTS) is 1. The first-order valence-corrected chi connectivity index (χ1v) is 8.38. The van der Waals surface area contributed by atoms with Crippen LogP contribution in [0.1, 0.15) is 16.1 Å². The Morgan fingerprint density at radius 1 is 1.00 bits per heavy atom. The average Bonchev–Trinajstić information content (AvgIpc) is 3.03. The fourth-order valence-electron chi connectivity index (χ4n) is 2.29. The SMILES string of the molecule is O=C(O)c1ccc(NCc2ccc(-c3cc(Cl)ccc3Cl)o2)cc1Cl. The summed E-state index contributed by atoms with van der Waals surface area (Å²) in [4.78, 5) is 11.0. The molecule has 3 aromatic rings. The van der Waals surface area contributed by atoms with E-state index < -0.39 is 5.97 Å². The lowest BCUT2D eigenvalue weighted by molar-refractivity contribution is 0.0697. The second kappa shape index (κ2) is 7.40. The van der Waals surface area contributed by atoms with Crippen LogP contribution in [-0.2, 0) is 6.54 Å². The van der Waals surface area contributed by atoms with Gasteiger partial charge in [0.25, 0.3) is 0 Å². The Morgan fingerprint density at radius 3 is 2.52 bits per heavy atom. The van der Waals surface area contributed by atoms with E-state index in [4.69, 9.17) is 44.3 Å². The topological polar surface area (TPSA) is 62.5 Å². The molecule has 1 aromatic heterocycles. The van der Waals surface area contributed by atoms with E-state index in [9.17, 15) is 4.79 Å². The molecule has 1 heterocycles. The molecule has 0 amide bonds. The number of nitrogens with one attached hydrogen (secondary N) is 1. The monoisotopic (exact) mass is 395 g/mol. The molecule has 2 aromatic carbocycles. The largest absolute Gasteiger partial charge is 0.478 e. The fourth-order valence-corrected chi connectivity index (χ4v) is 2.94. The van der Waals surface area contributed by atoms with Crippen LogP contribution in [0.25, 0.3) is 11.3 Å². The molecule has 128 valence electrons. The molecule has 0 saturated carbocycles. The van der Waals surface area contributed by atoms with Crippen molar-refractivity contribution in [2.24, 2.45) is 0 Å². The van der Waals surface area contributed by atoms with Crippen molar-refractivity contribution in [2.45, 2.75) is 6.54 Å². The molecule has 25 heavy (non-hydrogen) atoms. The molecule has 0 saturated heterocycles. The van der Waals surface area contributed by atoms with Crippen molar-refractivity contribution in [1.82, 2.24) is 0 Å².